The van der Waals surface area contributed by atoms with Gasteiger partial charge < -0.3 is 11.1 Å². The van der Waals surface area contributed by atoms with E-state index >= 15 is 0 Å². The fraction of sp³-hybridized carbons (Fsp3) is 0.286. The Kier molecular flexibility index (Phi) is 8.72. The molecular formula is C14H18ClN5O5S2. The number of nitrogens with one attached hydrogen (secondary N) is 2. The van der Waals surface area contributed by atoms with Crippen molar-refractivity contribution in [2.45, 2.75) is 11.3 Å². The molecule has 0 spiro atoms. The fourth-order valence-electron chi connectivity index (χ4n) is 1.95. The van der Waals surface area contributed by atoms with Crippen LogP contribution < -0.4 is 15.8 Å². The van der Waals surface area contributed by atoms with Gasteiger partial charge >= 0.3 is 0 Å². The predicted molar refractivity (Wildman–Crippen MR) is 103 cm³/mol. The lowest BCUT2D eigenvalue weighted by Gasteiger charge is -2.07. The Balaban J connectivity index is 0.00000364. The highest BCUT2D eigenvalue weighted by Crippen LogP contribution is 2.16. The number of non-ortho nitro benzene ring substituents is 1. The lowest BCUT2D eigenvalue weighted by Crippen LogP contribution is -2.34. The molecule has 0 bridgehead atoms. The second-order valence-corrected chi connectivity index (χ2v) is 7.78. The van der Waals surface area contributed by atoms with Gasteiger partial charge in [0.05, 0.1) is 14.8 Å². The standard InChI is InChI=1S/C14H17N5O5S2.ClH/c15-5-4-13-18-12(9-25-13)14(20)16-6-7-17-26(23,24)11-3-1-2-10(8-11)19(21)22;/h1-3,8-9,17H,4-7,15H2,(H,16,20);1H. The Hall–Kier alpha value is -2.12. The first-order valence-corrected chi connectivity index (χ1v) is 9.86. The third-order valence-corrected chi connectivity index (χ3v) is 5.55. The van der Waals surface area contributed by atoms with Crippen LogP contribution in [-0.2, 0) is 16.4 Å². The number of nitro groups is 1. The summed E-state index contributed by atoms with van der Waals surface area (Å²) in [7, 11) is -3.92. The maximum atomic E-state index is 12.1. The largest absolute Gasteiger partial charge is 0.349 e. The molecule has 0 radical (unpaired) electrons. The average Bonchev–Trinajstić information content (AvgIpc) is 3.08. The lowest BCUT2D eigenvalue weighted by atomic mass is 10.3. The fourth-order valence-corrected chi connectivity index (χ4v) is 3.82. The number of hydrogen-bond donors (Lipinski definition) is 3. The molecule has 148 valence electrons. The van der Waals surface area contributed by atoms with Crippen LogP contribution in [0.15, 0.2) is 34.5 Å². The van der Waals surface area contributed by atoms with E-state index in [0.717, 1.165) is 11.1 Å². The molecule has 1 amide bonds. The van der Waals surface area contributed by atoms with Crippen LogP contribution in [0, 0.1) is 10.1 Å². The highest BCUT2D eigenvalue weighted by atomic mass is 35.5. The Bertz CT molecular complexity index is 903. The van der Waals surface area contributed by atoms with Crippen LogP contribution in [0.3, 0.4) is 0 Å². The summed E-state index contributed by atoms with van der Waals surface area (Å²) >= 11 is 1.33. The minimum Gasteiger partial charge on any atom is -0.349 e. The maximum absolute atomic E-state index is 12.1. The number of nitro benzene ring substituents is 1. The number of thiazole rings is 1. The van der Waals surface area contributed by atoms with Gasteiger partial charge in [0, 0.05) is 37.0 Å². The molecule has 0 saturated heterocycles. The Morgan fingerprint density at radius 1 is 1.33 bits per heavy atom. The Morgan fingerprint density at radius 3 is 2.74 bits per heavy atom. The van der Waals surface area contributed by atoms with Gasteiger partial charge in [-0.15, -0.1) is 23.7 Å². The second kappa shape index (κ2) is 10.3. The number of rotatable bonds is 9. The zero-order valence-electron chi connectivity index (χ0n) is 14.0. The number of halogens is 1. The molecule has 0 aliphatic rings. The molecule has 10 nitrogen and oxygen atoms in total. The summed E-state index contributed by atoms with van der Waals surface area (Å²) in [6.45, 7) is 0.404. The van der Waals surface area contributed by atoms with Crippen LogP contribution in [0.25, 0.3) is 0 Å². The molecule has 0 fully saturated rings. The van der Waals surface area contributed by atoms with Crippen molar-refractivity contribution < 1.29 is 18.1 Å². The van der Waals surface area contributed by atoms with E-state index < -0.39 is 20.9 Å². The number of benzene rings is 1. The molecule has 13 heteroatoms. The van der Waals surface area contributed by atoms with Crippen LogP contribution in [-0.4, -0.2) is 43.9 Å². The molecule has 0 unspecified atom stereocenters. The average molecular weight is 436 g/mol. The van der Waals surface area contributed by atoms with Gasteiger partial charge in [0.2, 0.25) is 10.0 Å². The monoisotopic (exact) mass is 435 g/mol. The van der Waals surface area contributed by atoms with E-state index in [2.05, 4.69) is 15.0 Å². The zero-order valence-corrected chi connectivity index (χ0v) is 16.4. The van der Waals surface area contributed by atoms with Gasteiger partial charge in [-0.3, -0.25) is 14.9 Å². The summed E-state index contributed by atoms with van der Waals surface area (Å²) in [5.74, 6) is -0.418. The smallest absolute Gasteiger partial charge is 0.270 e. The van der Waals surface area contributed by atoms with E-state index in [1.807, 2.05) is 0 Å². The Morgan fingerprint density at radius 2 is 2.07 bits per heavy atom. The number of amides is 1. The lowest BCUT2D eigenvalue weighted by molar-refractivity contribution is -0.385. The second-order valence-electron chi connectivity index (χ2n) is 5.07. The molecule has 0 aliphatic heterocycles. The number of nitrogens with zero attached hydrogens (tertiary/aromatic N) is 2. The summed E-state index contributed by atoms with van der Waals surface area (Å²) in [6, 6.07) is 4.71. The first-order valence-electron chi connectivity index (χ1n) is 7.50. The summed E-state index contributed by atoms with van der Waals surface area (Å²) in [6.07, 6.45) is 0.584. The number of nitrogens with two attached hydrogens (primary N) is 1. The molecule has 2 aromatic rings. The minimum absolute atomic E-state index is 0. The highest BCUT2D eigenvalue weighted by molar-refractivity contribution is 7.89. The van der Waals surface area contributed by atoms with E-state index in [9.17, 15) is 23.3 Å². The van der Waals surface area contributed by atoms with E-state index in [-0.39, 0.29) is 41.8 Å². The normalized spacial score (nSPS) is 10.9. The molecule has 0 atom stereocenters. The molecular weight excluding hydrogens is 418 g/mol. The predicted octanol–water partition coefficient (Wildman–Crippen LogP) is 0.683. The molecule has 1 heterocycles. The third-order valence-electron chi connectivity index (χ3n) is 3.18. The Labute approximate surface area is 165 Å². The number of sulfonamides is 1. The molecule has 27 heavy (non-hydrogen) atoms. The number of aromatic nitrogens is 1. The summed E-state index contributed by atoms with van der Waals surface area (Å²) in [4.78, 5) is 25.9. The molecule has 1 aromatic carbocycles. The van der Waals surface area contributed by atoms with Gasteiger partial charge in [-0.1, -0.05) is 6.07 Å². The molecule has 4 N–H and O–H groups in total. The van der Waals surface area contributed by atoms with Gasteiger partial charge in [-0.05, 0) is 12.6 Å². The number of hydrogen-bond acceptors (Lipinski definition) is 8. The summed E-state index contributed by atoms with van der Waals surface area (Å²) in [5, 5.41) is 15.6. The van der Waals surface area contributed by atoms with E-state index in [0.29, 0.717) is 13.0 Å². The summed E-state index contributed by atoms with van der Waals surface area (Å²) < 4.78 is 26.5. The van der Waals surface area contributed by atoms with E-state index in [1.165, 1.54) is 29.5 Å². The van der Waals surface area contributed by atoms with Crippen LogP contribution in [0.1, 0.15) is 15.5 Å². The van der Waals surface area contributed by atoms with Gasteiger partial charge in [0.1, 0.15) is 5.69 Å². The van der Waals surface area contributed by atoms with Crippen molar-refractivity contribution in [3.05, 3.63) is 50.5 Å². The maximum Gasteiger partial charge on any atom is 0.270 e. The van der Waals surface area contributed by atoms with Crippen molar-refractivity contribution in [1.82, 2.24) is 15.0 Å². The van der Waals surface area contributed by atoms with Crippen molar-refractivity contribution in [2.75, 3.05) is 19.6 Å². The van der Waals surface area contributed by atoms with E-state index in [4.69, 9.17) is 5.73 Å². The van der Waals surface area contributed by atoms with Gasteiger partial charge in [-0.25, -0.2) is 18.1 Å². The van der Waals surface area contributed by atoms with E-state index in [1.54, 1.807) is 5.38 Å². The molecule has 0 saturated carbocycles. The topological polar surface area (TPSA) is 157 Å². The first-order chi connectivity index (χ1) is 12.3. The van der Waals surface area contributed by atoms with Crippen molar-refractivity contribution in [1.29, 1.82) is 0 Å². The number of carbonyl (C=O) groups excluding carboxylic acids is 1. The number of carbonyl (C=O) groups is 1. The van der Waals surface area contributed by atoms with Crippen LogP contribution in [0.4, 0.5) is 5.69 Å². The molecule has 0 aliphatic carbocycles. The zero-order chi connectivity index (χ0) is 19.2. The van der Waals surface area contributed by atoms with Gasteiger partial charge in [0.25, 0.3) is 11.6 Å². The molecule has 2 rings (SSSR count). The van der Waals surface area contributed by atoms with Gasteiger partial charge in [0.15, 0.2) is 0 Å². The first kappa shape index (κ1) is 22.9. The van der Waals surface area contributed by atoms with Crippen molar-refractivity contribution in [3.63, 3.8) is 0 Å². The van der Waals surface area contributed by atoms with Gasteiger partial charge in [-0.2, -0.15) is 0 Å². The van der Waals surface area contributed by atoms with Crippen molar-refractivity contribution >= 4 is 45.4 Å². The van der Waals surface area contributed by atoms with Crippen molar-refractivity contribution in [2.24, 2.45) is 5.73 Å². The summed E-state index contributed by atoms with van der Waals surface area (Å²) in [5.41, 5.74) is 5.35. The van der Waals surface area contributed by atoms with Crippen molar-refractivity contribution in [3.8, 4) is 0 Å². The quantitative estimate of drug-likeness (QED) is 0.297. The van der Waals surface area contributed by atoms with Crippen LogP contribution in [0.2, 0.25) is 0 Å². The minimum atomic E-state index is -3.92. The highest BCUT2D eigenvalue weighted by Gasteiger charge is 2.17. The molecule has 1 aromatic heterocycles. The van der Waals surface area contributed by atoms with Crippen LogP contribution in [0.5, 0.6) is 0 Å². The SMILES string of the molecule is Cl.NCCc1nc(C(=O)NCCNS(=O)(=O)c2cccc([N+](=O)[O-])c2)cs1. The van der Waals surface area contributed by atoms with Crippen LogP contribution >= 0.6 is 23.7 Å². The third kappa shape index (κ3) is 6.52.